The Balaban J connectivity index is 1.30. The molecular formula is C26H32N4O3S. The van der Waals surface area contributed by atoms with Gasteiger partial charge in [0.05, 0.1) is 16.8 Å². The number of sulfonamides is 1. The SMILES string of the molecule is CN(Cc1cnn(-c2ccccc2)c1)C(=O)CCc1ccc(S(=O)(=O)N2CCCCCC2)cc1. The molecule has 34 heavy (non-hydrogen) atoms. The van der Waals surface area contributed by atoms with Crippen LogP contribution in [0.2, 0.25) is 0 Å². The number of aromatic nitrogens is 2. The minimum Gasteiger partial charge on any atom is -0.341 e. The first-order valence-electron chi connectivity index (χ1n) is 11.9. The highest BCUT2D eigenvalue weighted by Gasteiger charge is 2.25. The van der Waals surface area contributed by atoms with Crippen LogP contribution in [0.25, 0.3) is 5.69 Å². The number of carbonyl (C=O) groups excluding carboxylic acids is 1. The Hall–Kier alpha value is -2.97. The van der Waals surface area contributed by atoms with Crippen molar-refractivity contribution in [2.75, 3.05) is 20.1 Å². The van der Waals surface area contributed by atoms with Crippen molar-refractivity contribution < 1.29 is 13.2 Å². The van der Waals surface area contributed by atoms with E-state index in [1.54, 1.807) is 39.3 Å². The second-order valence-electron chi connectivity index (χ2n) is 8.84. The second-order valence-corrected chi connectivity index (χ2v) is 10.8. The van der Waals surface area contributed by atoms with Gasteiger partial charge < -0.3 is 4.90 Å². The zero-order valence-electron chi connectivity index (χ0n) is 19.6. The molecule has 1 aliphatic rings. The van der Waals surface area contributed by atoms with Crippen LogP contribution in [0.15, 0.2) is 71.9 Å². The third kappa shape index (κ3) is 5.93. The summed E-state index contributed by atoms with van der Waals surface area (Å²) in [6.07, 6.45) is 8.65. The van der Waals surface area contributed by atoms with Gasteiger partial charge in [-0.3, -0.25) is 4.79 Å². The Morgan fingerprint density at radius 3 is 2.29 bits per heavy atom. The van der Waals surface area contributed by atoms with E-state index < -0.39 is 10.0 Å². The summed E-state index contributed by atoms with van der Waals surface area (Å²) in [4.78, 5) is 14.7. The highest BCUT2D eigenvalue weighted by Crippen LogP contribution is 2.21. The van der Waals surface area contributed by atoms with Crippen molar-refractivity contribution in [2.24, 2.45) is 0 Å². The largest absolute Gasteiger partial charge is 0.341 e. The maximum Gasteiger partial charge on any atom is 0.243 e. The predicted molar refractivity (Wildman–Crippen MR) is 132 cm³/mol. The average molecular weight is 481 g/mol. The van der Waals surface area contributed by atoms with E-state index in [9.17, 15) is 13.2 Å². The number of aryl methyl sites for hydroxylation is 1. The molecule has 3 aromatic rings. The number of hydrogen-bond donors (Lipinski definition) is 0. The molecule has 0 atom stereocenters. The first-order chi connectivity index (χ1) is 16.4. The monoisotopic (exact) mass is 480 g/mol. The molecule has 0 radical (unpaired) electrons. The summed E-state index contributed by atoms with van der Waals surface area (Å²) in [7, 11) is -1.66. The van der Waals surface area contributed by atoms with Gasteiger partial charge in [0, 0.05) is 44.9 Å². The molecule has 1 saturated heterocycles. The molecule has 180 valence electrons. The first-order valence-corrected chi connectivity index (χ1v) is 13.3. The topological polar surface area (TPSA) is 75.5 Å². The van der Waals surface area contributed by atoms with Crippen LogP contribution >= 0.6 is 0 Å². The van der Waals surface area contributed by atoms with Crippen LogP contribution in [0.4, 0.5) is 0 Å². The summed E-state index contributed by atoms with van der Waals surface area (Å²) in [6.45, 7) is 1.67. The third-order valence-electron chi connectivity index (χ3n) is 6.26. The van der Waals surface area contributed by atoms with Gasteiger partial charge in [-0.15, -0.1) is 0 Å². The van der Waals surface area contributed by atoms with Gasteiger partial charge in [0.15, 0.2) is 0 Å². The summed E-state index contributed by atoms with van der Waals surface area (Å²) in [5, 5.41) is 4.39. The molecule has 2 heterocycles. The molecule has 0 spiro atoms. The van der Waals surface area contributed by atoms with Crippen molar-refractivity contribution >= 4 is 15.9 Å². The zero-order chi connectivity index (χ0) is 24.0. The van der Waals surface area contributed by atoms with E-state index in [0.29, 0.717) is 37.4 Å². The van der Waals surface area contributed by atoms with Crippen molar-refractivity contribution in [1.29, 1.82) is 0 Å². The number of nitrogens with zero attached hydrogens (tertiary/aromatic N) is 4. The minimum atomic E-state index is -3.45. The first kappa shape index (κ1) is 24.2. The number of benzene rings is 2. The molecule has 8 heteroatoms. The van der Waals surface area contributed by atoms with Crippen LogP contribution in [-0.2, 0) is 27.8 Å². The average Bonchev–Trinajstić information content (AvgIpc) is 3.14. The van der Waals surface area contributed by atoms with Gasteiger partial charge in [-0.05, 0) is 49.1 Å². The molecule has 4 rings (SSSR count). The molecule has 0 saturated carbocycles. The fourth-order valence-electron chi connectivity index (χ4n) is 4.23. The summed E-state index contributed by atoms with van der Waals surface area (Å²) in [5.74, 6) is 0.0359. The highest BCUT2D eigenvalue weighted by molar-refractivity contribution is 7.89. The fraction of sp³-hybridized carbons (Fsp3) is 0.385. The molecule has 1 amide bonds. The molecular weight excluding hydrogens is 448 g/mol. The van der Waals surface area contributed by atoms with Crippen molar-refractivity contribution in [3.05, 3.63) is 78.1 Å². The summed E-state index contributed by atoms with van der Waals surface area (Å²) < 4.78 is 29.3. The van der Waals surface area contributed by atoms with Gasteiger partial charge in [-0.2, -0.15) is 9.40 Å². The standard InChI is InChI=1S/C26H32N4O3S/c1-28(20-23-19-27-30(21-23)24-9-5-4-6-10-24)26(31)16-13-22-11-14-25(15-12-22)34(32,33)29-17-7-2-3-8-18-29/h4-6,9-12,14-15,19,21H,2-3,7-8,13,16-18,20H2,1H3. The maximum absolute atomic E-state index is 12.9. The predicted octanol–water partition coefficient (Wildman–Crippen LogP) is 4.03. The highest BCUT2D eigenvalue weighted by atomic mass is 32.2. The van der Waals surface area contributed by atoms with Crippen molar-refractivity contribution in [1.82, 2.24) is 19.0 Å². The van der Waals surface area contributed by atoms with E-state index in [4.69, 9.17) is 0 Å². The van der Waals surface area contributed by atoms with Gasteiger partial charge in [-0.25, -0.2) is 13.1 Å². The Kier molecular flexibility index (Phi) is 7.80. The number of rotatable bonds is 8. The van der Waals surface area contributed by atoms with Gasteiger partial charge in [0.1, 0.15) is 0 Å². The molecule has 7 nitrogen and oxygen atoms in total. The molecule has 1 aliphatic heterocycles. The van der Waals surface area contributed by atoms with Gasteiger partial charge in [-0.1, -0.05) is 43.2 Å². The molecule has 0 N–H and O–H groups in total. The van der Waals surface area contributed by atoms with Crippen molar-refractivity contribution in [3.63, 3.8) is 0 Å². The molecule has 0 unspecified atom stereocenters. The molecule has 1 aromatic heterocycles. The van der Waals surface area contributed by atoms with E-state index in [0.717, 1.165) is 42.5 Å². The quantitative estimate of drug-likeness (QED) is 0.488. The maximum atomic E-state index is 12.9. The lowest BCUT2D eigenvalue weighted by Gasteiger charge is -2.20. The van der Waals surface area contributed by atoms with Crippen LogP contribution < -0.4 is 0 Å². The Morgan fingerprint density at radius 1 is 0.941 bits per heavy atom. The summed E-state index contributed by atoms with van der Waals surface area (Å²) >= 11 is 0. The fourth-order valence-corrected chi connectivity index (χ4v) is 5.74. The normalized spacial score (nSPS) is 15.1. The van der Waals surface area contributed by atoms with E-state index >= 15 is 0 Å². The summed E-state index contributed by atoms with van der Waals surface area (Å²) in [6, 6.07) is 16.8. The van der Waals surface area contributed by atoms with Crippen LogP contribution in [-0.4, -0.2) is 53.4 Å². The Morgan fingerprint density at radius 2 is 1.62 bits per heavy atom. The van der Waals surface area contributed by atoms with Gasteiger partial charge >= 0.3 is 0 Å². The van der Waals surface area contributed by atoms with Crippen LogP contribution in [0.1, 0.15) is 43.2 Å². The van der Waals surface area contributed by atoms with Crippen LogP contribution in [0.5, 0.6) is 0 Å². The third-order valence-corrected chi connectivity index (χ3v) is 8.17. The number of hydrogen-bond acceptors (Lipinski definition) is 4. The van der Waals surface area contributed by atoms with Crippen LogP contribution in [0, 0.1) is 0 Å². The molecule has 0 bridgehead atoms. The Bertz CT molecular complexity index is 1180. The molecule has 0 aliphatic carbocycles. The number of para-hydroxylation sites is 1. The minimum absolute atomic E-state index is 0.0359. The van der Waals surface area contributed by atoms with Gasteiger partial charge in [0.2, 0.25) is 15.9 Å². The molecule has 2 aromatic carbocycles. The lowest BCUT2D eigenvalue weighted by Crippen LogP contribution is -2.31. The Labute approximate surface area is 202 Å². The summed E-state index contributed by atoms with van der Waals surface area (Å²) in [5.41, 5.74) is 2.89. The second kappa shape index (κ2) is 11.0. The van der Waals surface area contributed by atoms with Crippen molar-refractivity contribution in [3.8, 4) is 5.69 Å². The lowest BCUT2D eigenvalue weighted by molar-refractivity contribution is -0.130. The smallest absolute Gasteiger partial charge is 0.243 e. The zero-order valence-corrected chi connectivity index (χ0v) is 20.5. The van der Waals surface area contributed by atoms with E-state index in [2.05, 4.69) is 5.10 Å². The van der Waals surface area contributed by atoms with E-state index in [1.807, 2.05) is 48.7 Å². The van der Waals surface area contributed by atoms with E-state index in [-0.39, 0.29) is 5.91 Å². The molecule has 1 fully saturated rings. The number of carbonyl (C=O) groups is 1. The van der Waals surface area contributed by atoms with Crippen LogP contribution in [0.3, 0.4) is 0 Å². The van der Waals surface area contributed by atoms with Crippen molar-refractivity contribution in [2.45, 2.75) is 50.0 Å². The lowest BCUT2D eigenvalue weighted by atomic mass is 10.1. The number of amides is 1. The van der Waals surface area contributed by atoms with E-state index in [1.165, 1.54) is 0 Å². The van der Waals surface area contributed by atoms with Gasteiger partial charge in [0.25, 0.3) is 0 Å².